The molecule has 0 aromatic heterocycles. The van der Waals surface area contributed by atoms with Gasteiger partial charge in [0.1, 0.15) is 6.17 Å². The Morgan fingerprint density at radius 1 is 1.33 bits per heavy atom. The van der Waals surface area contributed by atoms with Crippen molar-refractivity contribution in [3.8, 4) is 0 Å². The number of fused-ring (bicyclic) bond motifs is 1. The first-order valence-electron chi connectivity index (χ1n) is 4.26. The summed E-state index contributed by atoms with van der Waals surface area (Å²) in [5, 5.41) is 0. The standard InChI is InChI=1S/C10H12FN/c11-9-6-5-7-3-1-2-4-8(7)10(9)12/h1-4,9-10H,5-6,12H2. The van der Waals surface area contributed by atoms with Crippen LogP contribution in [0, 0.1) is 0 Å². The summed E-state index contributed by atoms with van der Waals surface area (Å²) in [7, 11) is 0. The van der Waals surface area contributed by atoms with Crippen molar-refractivity contribution < 1.29 is 4.39 Å². The molecule has 1 aliphatic rings. The Morgan fingerprint density at radius 2 is 2.08 bits per heavy atom. The lowest BCUT2D eigenvalue weighted by Crippen LogP contribution is -2.28. The van der Waals surface area contributed by atoms with E-state index in [9.17, 15) is 4.39 Å². The van der Waals surface area contributed by atoms with E-state index in [1.165, 1.54) is 5.56 Å². The third-order valence-electron chi connectivity index (χ3n) is 2.49. The van der Waals surface area contributed by atoms with Crippen LogP contribution in [0.4, 0.5) is 4.39 Å². The summed E-state index contributed by atoms with van der Waals surface area (Å²) in [6, 6.07) is 7.43. The number of hydrogen-bond acceptors (Lipinski definition) is 1. The van der Waals surface area contributed by atoms with Crippen molar-refractivity contribution >= 4 is 0 Å². The van der Waals surface area contributed by atoms with Gasteiger partial charge in [0.25, 0.3) is 0 Å². The molecular formula is C10H12FN. The fraction of sp³-hybridized carbons (Fsp3) is 0.400. The van der Waals surface area contributed by atoms with E-state index in [0.717, 1.165) is 12.0 Å². The molecule has 2 N–H and O–H groups in total. The Bertz CT molecular complexity index is 285. The summed E-state index contributed by atoms with van der Waals surface area (Å²) >= 11 is 0. The van der Waals surface area contributed by atoms with Gasteiger partial charge in [0.15, 0.2) is 0 Å². The summed E-state index contributed by atoms with van der Waals surface area (Å²) in [4.78, 5) is 0. The zero-order valence-corrected chi connectivity index (χ0v) is 6.83. The predicted molar refractivity (Wildman–Crippen MR) is 46.6 cm³/mol. The molecule has 0 radical (unpaired) electrons. The molecule has 1 aromatic carbocycles. The predicted octanol–water partition coefficient (Wildman–Crippen LogP) is 1.97. The topological polar surface area (TPSA) is 26.0 Å². The molecule has 0 spiro atoms. The molecule has 0 saturated carbocycles. The molecule has 2 rings (SSSR count). The number of nitrogens with two attached hydrogens (primary N) is 1. The molecule has 2 atom stereocenters. The Morgan fingerprint density at radius 3 is 2.92 bits per heavy atom. The highest BCUT2D eigenvalue weighted by molar-refractivity contribution is 5.32. The van der Waals surface area contributed by atoms with Gasteiger partial charge in [0.2, 0.25) is 0 Å². The molecule has 2 heteroatoms. The molecule has 0 amide bonds. The molecule has 0 aliphatic heterocycles. The summed E-state index contributed by atoms with van der Waals surface area (Å²) < 4.78 is 13.1. The van der Waals surface area contributed by atoms with Crippen LogP contribution < -0.4 is 5.73 Å². The molecule has 12 heavy (non-hydrogen) atoms. The van der Waals surface area contributed by atoms with Crippen LogP contribution in [0.1, 0.15) is 23.6 Å². The van der Waals surface area contributed by atoms with Crippen LogP contribution >= 0.6 is 0 Å². The lowest BCUT2D eigenvalue weighted by molar-refractivity contribution is 0.255. The Hall–Kier alpha value is -0.890. The van der Waals surface area contributed by atoms with Gasteiger partial charge in [-0.05, 0) is 24.0 Å². The van der Waals surface area contributed by atoms with Gasteiger partial charge in [-0.3, -0.25) is 0 Å². The second kappa shape index (κ2) is 2.87. The molecule has 0 fully saturated rings. The van der Waals surface area contributed by atoms with Gasteiger partial charge in [-0.25, -0.2) is 4.39 Å². The van der Waals surface area contributed by atoms with Gasteiger partial charge >= 0.3 is 0 Å². The number of hydrogen-bond donors (Lipinski definition) is 1. The van der Waals surface area contributed by atoms with E-state index >= 15 is 0 Å². The van der Waals surface area contributed by atoms with Crippen molar-refractivity contribution in [2.24, 2.45) is 5.73 Å². The Kier molecular flexibility index (Phi) is 1.85. The van der Waals surface area contributed by atoms with Crippen molar-refractivity contribution in [2.75, 3.05) is 0 Å². The van der Waals surface area contributed by atoms with Gasteiger partial charge in [-0.1, -0.05) is 24.3 Å². The van der Waals surface area contributed by atoms with E-state index in [2.05, 4.69) is 0 Å². The average molecular weight is 165 g/mol. The Labute approximate surface area is 71.4 Å². The van der Waals surface area contributed by atoms with E-state index in [4.69, 9.17) is 5.73 Å². The van der Waals surface area contributed by atoms with E-state index < -0.39 is 12.2 Å². The fourth-order valence-electron chi connectivity index (χ4n) is 1.75. The van der Waals surface area contributed by atoms with Gasteiger partial charge < -0.3 is 5.73 Å². The maximum atomic E-state index is 13.1. The molecule has 0 saturated heterocycles. The first-order valence-corrected chi connectivity index (χ1v) is 4.26. The van der Waals surface area contributed by atoms with Gasteiger partial charge in [-0.2, -0.15) is 0 Å². The van der Waals surface area contributed by atoms with Crippen LogP contribution in [0.15, 0.2) is 24.3 Å². The maximum absolute atomic E-state index is 13.1. The molecule has 1 nitrogen and oxygen atoms in total. The molecular weight excluding hydrogens is 153 g/mol. The second-order valence-electron chi connectivity index (χ2n) is 3.28. The minimum Gasteiger partial charge on any atom is -0.322 e. The highest BCUT2D eigenvalue weighted by Gasteiger charge is 2.25. The summed E-state index contributed by atoms with van der Waals surface area (Å²) in [5.41, 5.74) is 7.90. The van der Waals surface area contributed by atoms with E-state index in [-0.39, 0.29) is 0 Å². The van der Waals surface area contributed by atoms with Crippen LogP contribution in [0.3, 0.4) is 0 Å². The number of benzene rings is 1. The van der Waals surface area contributed by atoms with Crippen molar-refractivity contribution in [3.63, 3.8) is 0 Å². The highest BCUT2D eigenvalue weighted by Crippen LogP contribution is 2.29. The largest absolute Gasteiger partial charge is 0.322 e. The smallest absolute Gasteiger partial charge is 0.120 e. The normalized spacial score (nSPS) is 28.2. The third-order valence-corrected chi connectivity index (χ3v) is 2.49. The average Bonchev–Trinajstić information content (AvgIpc) is 2.12. The first kappa shape index (κ1) is 7.74. The number of rotatable bonds is 0. The minimum atomic E-state index is -0.861. The maximum Gasteiger partial charge on any atom is 0.120 e. The van der Waals surface area contributed by atoms with Gasteiger partial charge in [0.05, 0.1) is 6.04 Å². The lowest BCUT2D eigenvalue weighted by Gasteiger charge is -2.25. The molecule has 64 valence electrons. The fourth-order valence-corrected chi connectivity index (χ4v) is 1.75. The molecule has 2 unspecified atom stereocenters. The summed E-state index contributed by atoms with van der Waals surface area (Å²) in [6.45, 7) is 0. The van der Waals surface area contributed by atoms with E-state index in [1.807, 2.05) is 24.3 Å². The number of halogens is 1. The third kappa shape index (κ3) is 1.12. The SMILES string of the molecule is NC1c2ccccc2CCC1F. The molecule has 0 heterocycles. The first-order chi connectivity index (χ1) is 5.79. The van der Waals surface area contributed by atoms with Gasteiger partial charge in [0, 0.05) is 0 Å². The van der Waals surface area contributed by atoms with Crippen LogP contribution in [-0.2, 0) is 6.42 Å². The Balaban J connectivity index is 2.42. The van der Waals surface area contributed by atoms with Crippen LogP contribution in [-0.4, -0.2) is 6.17 Å². The molecule has 0 bridgehead atoms. The lowest BCUT2D eigenvalue weighted by atomic mass is 9.87. The highest BCUT2D eigenvalue weighted by atomic mass is 19.1. The quantitative estimate of drug-likeness (QED) is 0.625. The molecule has 1 aromatic rings. The van der Waals surface area contributed by atoms with Crippen LogP contribution in [0.2, 0.25) is 0 Å². The van der Waals surface area contributed by atoms with Crippen molar-refractivity contribution in [1.82, 2.24) is 0 Å². The number of alkyl halides is 1. The van der Waals surface area contributed by atoms with E-state index in [1.54, 1.807) is 0 Å². The monoisotopic (exact) mass is 165 g/mol. The van der Waals surface area contributed by atoms with Crippen molar-refractivity contribution in [2.45, 2.75) is 25.1 Å². The summed E-state index contributed by atoms with van der Waals surface area (Å²) in [5.74, 6) is 0. The van der Waals surface area contributed by atoms with E-state index in [0.29, 0.717) is 6.42 Å². The zero-order valence-electron chi connectivity index (χ0n) is 6.83. The molecule has 1 aliphatic carbocycles. The summed E-state index contributed by atoms with van der Waals surface area (Å²) in [6.07, 6.45) is 0.531. The van der Waals surface area contributed by atoms with Crippen LogP contribution in [0.5, 0.6) is 0 Å². The van der Waals surface area contributed by atoms with Crippen molar-refractivity contribution in [3.05, 3.63) is 35.4 Å². The minimum absolute atomic E-state index is 0.407. The number of aryl methyl sites for hydroxylation is 1. The van der Waals surface area contributed by atoms with Crippen molar-refractivity contribution in [1.29, 1.82) is 0 Å². The second-order valence-corrected chi connectivity index (χ2v) is 3.28. The van der Waals surface area contributed by atoms with Crippen LogP contribution in [0.25, 0.3) is 0 Å². The zero-order chi connectivity index (χ0) is 8.55. The van der Waals surface area contributed by atoms with Gasteiger partial charge in [-0.15, -0.1) is 0 Å².